The van der Waals surface area contributed by atoms with Gasteiger partial charge in [-0.15, -0.1) is 5.10 Å². The number of rotatable bonds is 4. The number of benzene rings is 1. The molecule has 0 amide bonds. The summed E-state index contributed by atoms with van der Waals surface area (Å²) in [4.78, 5) is 0. The second-order valence-electron chi connectivity index (χ2n) is 5.65. The Kier molecular flexibility index (Phi) is 4.03. The molecular weight excluding hydrogens is 266 g/mol. The molecule has 3 rings (SSSR count). The van der Waals surface area contributed by atoms with Crippen LogP contribution >= 0.6 is 0 Å². The molecule has 2 N–H and O–H groups in total. The van der Waals surface area contributed by atoms with Crippen LogP contribution in [-0.2, 0) is 6.54 Å². The lowest BCUT2D eigenvalue weighted by Gasteiger charge is -2.21. The molecule has 0 saturated heterocycles. The minimum atomic E-state index is 0.599. The highest BCUT2D eigenvalue weighted by molar-refractivity contribution is 5.66. The van der Waals surface area contributed by atoms with Crippen LogP contribution < -0.4 is 10.5 Å². The molecule has 0 bridgehead atoms. The maximum Gasteiger partial charge on any atom is 0.182 e. The van der Waals surface area contributed by atoms with Crippen molar-refractivity contribution < 1.29 is 4.74 Å². The molecule has 1 saturated carbocycles. The summed E-state index contributed by atoms with van der Waals surface area (Å²) in [7, 11) is 1.61. The summed E-state index contributed by atoms with van der Waals surface area (Å²) >= 11 is 0. The van der Waals surface area contributed by atoms with Gasteiger partial charge in [-0.05, 0) is 47.4 Å². The lowest BCUT2D eigenvalue weighted by molar-refractivity contribution is 0.307. The maximum absolute atomic E-state index is 5.97. The number of anilines is 1. The van der Waals surface area contributed by atoms with E-state index in [1.54, 1.807) is 7.11 Å². The van der Waals surface area contributed by atoms with Crippen LogP contribution in [-0.4, -0.2) is 27.3 Å². The molecule has 1 aromatic heterocycles. The molecular formula is C15H21N5O. The zero-order chi connectivity index (χ0) is 14.7. The summed E-state index contributed by atoms with van der Waals surface area (Å²) in [6.45, 7) is 0.883. The van der Waals surface area contributed by atoms with Crippen LogP contribution in [0.2, 0.25) is 0 Å². The first-order valence-electron chi connectivity index (χ1n) is 7.48. The van der Waals surface area contributed by atoms with Crippen molar-refractivity contribution in [1.82, 2.24) is 20.2 Å². The van der Waals surface area contributed by atoms with E-state index in [0.29, 0.717) is 17.4 Å². The number of hydrogen-bond acceptors (Lipinski definition) is 5. The van der Waals surface area contributed by atoms with Gasteiger partial charge in [-0.2, -0.15) is 0 Å². The average molecular weight is 287 g/mol. The predicted octanol–water partition coefficient (Wildman–Crippen LogP) is 2.51. The topological polar surface area (TPSA) is 78.9 Å². The normalized spacial score (nSPS) is 16.0. The van der Waals surface area contributed by atoms with Crippen LogP contribution in [0.25, 0.3) is 11.4 Å². The van der Waals surface area contributed by atoms with Crippen molar-refractivity contribution in [3.8, 4) is 17.1 Å². The Morgan fingerprint density at radius 2 is 2.10 bits per heavy atom. The maximum atomic E-state index is 5.97. The first kappa shape index (κ1) is 13.9. The van der Waals surface area contributed by atoms with Crippen LogP contribution in [0.5, 0.6) is 5.75 Å². The molecule has 112 valence electrons. The Bertz CT molecular complexity index is 604. The number of methoxy groups -OCH3 is 1. The molecule has 0 aliphatic heterocycles. The van der Waals surface area contributed by atoms with E-state index in [0.717, 1.165) is 17.9 Å². The van der Waals surface area contributed by atoms with E-state index in [9.17, 15) is 0 Å². The second-order valence-corrected chi connectivity index (χ2v) is 5.65. The van der Waals surface area contributed by atoms with Gasteiger partial charge < -0.3 is 10.5 Å². The molecule has 1 aliphatic rings. The Hall–Kier alpha value is -2.11. The Balaban J connectivity index is 1.82. The van der Waals surface area contributed by atoms with E-state index < -0.39 is 0 Å². The average Bonchev–Trinajstić information content (AvgIpc) is 2.96. The molecule has 6 heteroatoms. The SMILES string of the molecule is COc1ccc(-c2nnnn2CC2CCCCC2)cc1N. The van der Waals surface area contributed by atoms with E-state index in [4.69, 9.17) is 10.5 Å². The fourth-order valence-corrected chi connectivity index (χ4v) is 3.02. The number of nitrogens with two attached hydrogens (primary N) is 1. The third-order valence-electron chi connectivity index (χ3n) is 4.18. The molecule has 1 fully saturated rings. The highest BCUT2D eigenvalue weighted by Crippen LogP contribution is 2.29. The van der Waals surface area contributed by atoms with Crippen LogP contribution in [0.4, 0.5) is 5.69 Å². The molecule has 0 spiro atoms. The minimum Gasteiger partial charge on any atom is -0.495 e. The molecule has 1 aromatic carbocycles. The number of hydrogen-bond donors (Lipinski definition) is 1. The van der Waals surface area contributed by atoms with Crippen LogP contribution in [0, 0.1) is 5.92 Å². The van der Waals surface area contributed by atoms with E-state index in [-0.39, 0.29) is 0 Å². The van der Waals surface area contributed by atoms with Crippen molar-refractivity contribution in [2.45, 2.75) is 38.6 Å². The van der Waals surface area contributed by atoms with Gasteiger partial charge in [0.1, 0.15) is 5.75 Å². The molecule has 0 radical (unpaired) electrons. The van der Waals surface area contributed by atoms with Gasteiger partial charge in [-0.1, -0.05) is 19.3 Å². The number of ether oxygens (including phenoxy) is 1. The van der Waals surface area contributed by atoms with Crippen LogP contribution in [0.15, 0.2) is 18.2 Å². The van der Waals surface area contributed by atoms with Gasteiger partial charge in [-0.3, -0.25) is 0 Å². The quantitative estimate of drug-likeness (QED) is 0.874. The summed E-state index contributed by atoms with van der Waals surface area (Å²) in [5.41, 5.74) is 7.49. The monoisotopic (exact) mass is 287 g/mol. The second kappa shape index (κ2) is 6.11. The van der Waals surface area contributed by atoms with Crippen molar-refractivity contribution in [3.63, 3.8) is 0 Å². The fourth-order valence-electron chi connectivity index (χ4n) is 3.02. The van der Waals surface area contributed by atoms with Gasteiger partial charge in [0, 0.05) is 12.1 Å². The summed E-state index contributed by atoms with van der Waals surface area (Å²) in [5.74, 6) is 2.12. The van der Waals surface area contributed by atoms with E-state index in [1.165, 1.54) is 32.1 Å². The summed E-state index contributed by atoms with van der Waals surface area (Å²) in [6.07, 6.45) is 6.53. The molecule has 1 heterocycles. The lowest BCUT2D eigenvalue weighted by Crippen LogP contribution is -2.16. The van der Waals surface area contributed by atoms with Crippen molar-refractivity contribution >= 4 is 5.69 Å². The van der Waals surface area contributed by atoms with Crippen molar-refractivity contribution in [2.75, 3.05) is 12.8 Å². The molecule has 0 atom stereocenters. The van der Waals surface area contributed by atoms with Gasteiger partial charge >= 0.3 is 0 Å². The fraction of sp³-hybridized carbons (Fsp3) is 0.533. The number of tetrazole rings is 1. The van der Waals surface area contributed by atoms with Gasteiger partial charge in [0.25, 0.3) is 0 Å². The number of aromatic nitrogens is 4. The highest BCUT2D eigenvalue weighted by Gasteiger charge is 2.18. The van der Waals surface area contributed by atoms with Crippen LogP contribution in [0.3, 0.4) is 0 Å². The van der Waals surface area contributed by atoms with Gasteiger partial charge in [0.05, 0.1) is 12.8 Å². The first-order valence-corrected chi connectivity index (χ1v) is 7.48. The number of nitrogen functional groups attached to an aromatic ring is 1. The molecule has 0 unspecified atom stereocenters. The van der Waals surface area contributed by atoms with Gasteiger partial charge in [-0.25, -0.2) is 4.68 Å². The predicted molar refractivity (Wildman–Crippen MR) is 80.8 cm³/mol. The Morgan fingerprint density at radius 1 is 1.29 bits per heavy atom. The highest BCUT2D eigenvalue weighted by atomic mass is 16.5. The third-order valence-corrected chi connectivity index (χ3v) is 4.18. The van der Waals surface area contributed by atoms with Crippen molar-refractivity contribution in [3.05, 3.63) is 18.2 Å². The molecule has 1 aliphatic carbocycles. The van der Waals surface area contributed by atoms with Crippen LogP contribution in [0.1, 0.15) is 32.1 Å². The smallest absolute Gasteiger partial charge is 0.182 e. The Morgan fingerprint density at radius 3 is 2.81 bits per heavy atom. The van der Waals surface area contributed by atoms with Gasteiger partial charge in [0.2, 0.25) is 0 Å². The van der Waals surface area contributed by atoms with E-state index in [2.05, 4.69) is 15.5 Å². The summed E-state index contributed by atoms with van der Waals surface area (Å²) < 4.78 is 7.09. The van der Waals surface area contributed by atoms with Crippen molar-refractivity contribution in [2.24, 2.45) is 5.92 Å². The minimum absolute atomic E-state index is 0.599. The first-order chi connectivity index (χ1) is 10.3. The molecule has 2 aromatic rings. The standard InChI is InChI=1S/C15H21N5O/c1-21-14-8-7-12(9-13(14)16)15-17-18-19-20(15)10-11-5-3-2-4-6-11/h7-9,11H,2-6,10,16H2,1H3. The Labute approximate surface area is 124 Å². The third kappa shape index (κ3) is 2.99. The summed E-state index contributed by atoms with van der Waals surface area (Å²) in [5, 5.41) is 12.1. The molecule has 6 nitrogen and oxygen atoms in total. The molecule has 21 heavy (non-hydrogen) atoms. The number of nitrogens with zero attached hydrogens (tertiary/aromatic N) is 4. The summed E-state index contributed by atoms with van der Waals surface area (Å²) in [6, 6.07) is 5.66. The zero-order valence-electron chi connectivity index (χ0n) is 12.3. The van der Waals surface area contributed by atoms with Crippen molar-refractivity contribution in [1.29, 1.82) is 0 Å². The zero-order valence-corrected chi connectivity index (χ0v) is 12.3. The largest absolute Gasteiger partial charge is 0.495 e. The van der Waals surface area contributed by atoms with Gasteiger partial charge in [0.15, 0.2) is 5.82 Å². The van der Waals surface area contributed by atoms with E-state index >= 15 is 0 Å². The lowest BCUT2D eigenvalue weighted by atomic mass is 9.89. The van der Waals surface area contributed by atoms with E-state index in [1.807, 2.05) is 22.9 Å².